The Balaban J connectivity index is 1.22. The van der Waals surface area contributed by atoms with Crippen LogP contribution in [0.2, 0.25) is 5.15 Å². The standard InChI is InChI=1S/C18H26ClN5O/c19-16-3-4-17(21-20-16)23-9-11-24(12-10-23)18(25)13-14-5-7-22(8-6-14)15-1-2-15/h3-4,14-15H,1-2,5-13H2. The molecule has 3 fully saturated rings. The summed E-state index contributed by atoms with van der Waals surface area (Å²) in [5.74, 6) is 1.73. The van der Waals surface area contributed by atoms with Crippen LogP contribution in [0.4, 0.5) is 5.82 Å². The molecular formula is C18H26ClN5O. The smallest absolute Gasteiger partial charge is 0.222 e. The van der Waals surface area contributed by atoms with E-state index in [-0.39, 0.29) is 0 Å². The molecule has 3 heterocycles. The highest BCUT2D eigenvalue weighted by Gasteiger charge is 2.33. The average Bonchev–Trinajstić information content (AvgIpc) is 3.48. The van der Waals surface area contributed by atoms with Crippen LogP contribution < -0.4 is 4.90 Å². The maximum atomic E-state index is 12.6. The molecule has 7 heteroatoms. The zero-order valence-electron chi connectivity index (χ0n) is 14.6. The van der Waals surface area contributed by atoms with E-state index in [4.69, 9.17) is 11.6 Å². The highest BCUT2D eigenvalue weighted by Crippen LogP contribution is 2.32. The normalized spacial score (nSPS) is 23.1. The van der Waals surface area contributed by atoms with E-state index in [1.807, 2.05) is 11.0 Å². The topological polar surface area (TPSA) is 52.6 Å². The number of rotatable bonds is 4. The monoisotopic (exact) mass is 363 g/mol. The lowest BCUT2D eigenvalue weighted by Crippen LogP contribution is -2.49. The molecule has 1 amide bonds. The number of halogens is 1. The highest BCUT2D eigenvalue weighted by atomic mass is 35.5. The maximum absolute atomic E-state index is 12.6. The molecule has 6 nitrogen and oxygen atoms in total. The van der Waals surface area contributed by atoms with Crippen molar-refractivity contribution in [2.24, 2.45) is 5.92 Å². The second-order valence-corrected chi connectivity index (χ2v) is 7.88. The summed E-state index contributed by atoms with van der Waals surface area (Å²) in [7, 11) is 0. The molecule has 0 spiro atoms. The molecule has 1 aliphatic carbocycles. The Morgan fingerprint density at radius 2 is 1.72 bits per heavy atom. The van der Waals surface area contributed by atoms with Crippen molar-refractivity contribution in [1.29, 1.82) is 0 Å². The van der Waals surface area contributed by atoms with Gasteiger partial charge in [0.2, 0.25) is 5.91 Å². The number of likely N-dealkylation sites (tertiary alicyclic amines) is 1. The van der Waals surface area contributed by atoms with Crippen LogP contribution in [0, 0.1) is 5.92 Å². The van der Waals surface area contributed by atoms with Crippen LogP contribution in [0.3, 0.4) is 0 Å². The first kappa shape index (κ1) is 17.0. The Bertz CT molecular complexity index is 590. The van der Waals surface area contributed by atoms with E-state index in [0.29, 0.717) is 17.0 Å². The van der Waals surface area contributed by atoms with E-state index in [2.05, 4.69) is 20.0 Å². The van der Waals surface area contributed by atoms with Crippen molar-refractivity contribution in [2.45, 2.75) is 38.1 Å². The predicted octanol–water partition coefficient (Wildman–Crippen LogP) is 2.04. The molecule has 0 atom stereocenters. The van der Waals surface area contributed by atoms with E-state index in [1.54, 1.807) is 6.07 Å². The average molecular weight is 364 g/mol. The van der Waals surface area contributed by atoms with Gasteiger partial charge in [0.05, 0.1) is 0 Å². The summed E-state index contributed by atoms with van der Waals surface area (Å²) in [4.78, 5) is 19.4. The van der Waals surface area contributed by atoms with Gasteiger partial charge in [-0.05, 0) is 56.8 Å². The molecule has 25 heavy (non-hydrogen) atoms. The minimum Gasteiger partial charge on any atom is -0.352 e. The summed E-state index contributed by atoms with van der Waals surface area (Å²) >= 11 is 5.79. The largest absolute Gasteiger partial charge is 0.352 e. The lowest BCUT2D eigenvalue weighted by molar-refractivity contribution is -0.132. The summed E-state index contributed by atoms with van der Waals surface area (Å²) in [5, 5.41) is 8.43. The maximum Gasteiger partial charge on any atom is 0.222 e. The fraction of sp³-hybridized carbons (Fsp3) is 0.722. The Hall–Kier alpha value is -1.40. The van der Waals surface area contributed by atoms with Gasteiger partial charge in [0.15, 0.2) is 11.0 Å². The van der Waals surface area contributed by atoms with E-state index >= 15 is 0 Å². The Labute approximate surface area is 154 Å². The Morgan fingerprint density at radius 1 is 1.00 bits per heavy atom. The summed E-state index contributed by atoms with van der Waals surface area (Å²) in [5.41, 5.74) is 0. The van der Waals surface area contributed by atoms with Crippen molar-refractivity contribution in [3.05, 3.63) is 17.3 Å². The first-order chi connectivity index (χ1) is 12.2. The molecule has 0 bridgehead atoms. The van der Waals surface area contributed by atoms with Crippen LogP contribution in [0.15, 0.2) is 12.1 Å². The number of anilines is 1. The highest BCUT2D eigenvalue weighted by molar-refractivity contribution is 6.29. The molecule has 2 saturated heterocycles. The number of carbonyl (C=O) groups excluding carboxylic acids is 1. The van der Waals surface area contributed by atoms with Crippen LogP contribution >= 0.6 is 11.6 Å². The van der Waals surface area contributed by atoms with Gasteiger partial charge in [0, 0.05) is 38.6 Å². The molecule has 4 rings (SSSR count). The van der Waals surface area contributed by atoms with Gasteiger partial charge in [-0.1, -0.05) is 11.6 Å². The van der Waals surface area contributed by atoms with Crippen molar-refractivity contribution < 1.29 is 4.79 Å². The lowest BCUT2D eigenvalue weighted by Gasteiger charge is -2.37. The van der Waals surface area contributed by atoms with Crippen molar-refractivity contribution in [1.82, 2.24) is 20.0 Å². The first-order valence-corrected chi connectivity index (χ1v) is 9.83. The van der Waals surface area contributed by atoms with Crippen molar-refractivity contribution >= 4 is 23.3 Å². The molecule has 136 valence electrons. The van der Waals surface area contributed by atoms with Gasteiger partial charge in [-0.25, -0.2) is 0 Å². The number of amides is 1. The van der Waals surface area contributed by atoms with Gasteiger partial charge in [-0.2, -0.15) is 0 Å². The van der Waals surface area contributed by atoms with Gasteiger partial charge >= 0.3 is 0 Å². The van der Waals surface area contributed by atoms with Crippen LogP contribution in [0.1, 0.15) is 32.1 Å². The fourth-order valence-corrected chi connectivity index (χ4v) is 4.10. The molecule has 1 aromatic rings. The zero-order chi connectivity index (χ0) is 17.2. The van der Waals surface area contributed by atoms with E-state index in [9.17, 15) is 4.79 Å². The quantitative estimate of drug-likeness (QED) is 0.819. The number of nitrogens with zero attached hydrogens (tertiary/aromatic N) is 5. The van der Waals surface area contributed by atoms with Crippen LogP contribution in [0.5, 0.6) is 0 Å². The van der Waals surface area contributed by atoms with Crippen LogP contribution in [0.25, 0.3) is 0 Å². The second-order valence-electron chi connectivity index (χ2n) is 7.50. The summed E-state index contributed by atoms with van der Waals surface area (Å²) in [6, 6.07) is 4.51. The first-order valence-electron chi connectivity index (χ1n) is 9.45. The number of carbonyl (C=O) groups is 1. The van der Waals surface area contributed by atoms with E-state index in [0.717, 1.165) is 44.5 Å². The third-order valence-electron chi connectivity index (χ3n) is 5.75. The third kappa shape index (κ3) is 4.23. The minimum atomic E-state index is 0.326. The van der Waals surface area contributed by atoms with E-state index < -0.39 is 0 Å². The predicted molar refractivity (Wildman–Crippen MR) is 97.8 cm³/mol. The van der Waals surface area contributed by atoms with Crippen molar-refractivity contribution in [3.8, 4) is 0 Å². The fourth-order valence-electron chi connectivity index (χ4n) is 4.00. The van der Waals surface area contributed by atoms with Gasteiger partial charge in [-0.3, -0.25) is 4.79 Å². The van der Waals surface area contributed by atoms with Crippen LogP contribution in [-0.2, 0) is 4.79 Å². The number of piperidine rings is 1. The van der Waals surface area contributed by atoms with Gasteiger partial charge < -0.3 is 14.7 Å². The Kier molecular flexibility index (Phi) is 5.08. The summed E-state index contributed by atoms with van der Waals surface area (Å²) in [6.07, 6.45) is 5.85. The molecular weight excluding hydrogens is 338 g/mol. The molecule has 2 aliphatic heterocycles. The lowest BCUT2D eigenvalue weighted by atomic mass is 9.92. The molecule has 1 aromatic heterocycles. The molecule has 1 saturated carbocycles. The molecule has 0 radical (unpaired) electrons. The van der Waals surface area contributed by atoms with Gasteiger partial charge in [-0.15, -0.1) is 10.2 Å². The number of hydrogen-bond acceptors (Lipinski definition) is 5. The van der Waals surface area contributed by atoms with Gasteiger partial charge in [0.25, 0.3) is 0 Å². The number of aromatic nitrogens is 2. The summed E-state index contributed by atoms with van der Waals surface area (Å²) in [6.45, 7) is 5.52. The SMILES string of the molecule is O=C(CC1CCN(C2CC2)CC1)N1CCN(c2ccc(Cl)nn2)CC1. The van der Waals surface area contributed by atoms with Gasteiger partial charge in [0.1, 0.15) is 0 Å². The summed E-state index contributed by atoms with van der Waals surface area (Å²) < 4.78 is 0. The third-order valence-corrected chi connectivity index (χ3v) is 5.95. The molecule has 0 aromatic carbocycles. The van der Waals surface area contributed by atoms with Crippen LogP contribution in [-0.4, -0.2) is 71.2 Å². The van der Waals surface area contributed by atoms with Crippen molar-refractivity contribution in [2.75, 3.05) is 44.2 Å². The number of hydrogen-bond donors (Lipinski definition) is 0. The Morgan fingerprint density at radius 3 is 2.32 bits per heavy atom. The number of piperazine rings is 1. The zero-order valence-corrected chi connectivity index (χ0v) is 15.4. The molecule has 0 unspecified atom stereocenters. The second kappa shape index (κ2) is 7.46. The van der Waals surface area contributed by atoms with Crippen molar-refractivity contribution in [3.63, 3.8) is 0 Å². The minimum absolute atomic E-state index is 0.326. The molecule has 3 aliphatic rings. The van der Waals surface area contributed by atoms with E-state index in [1.165, 1.54) is 38.8 Å². The molecule has 0 N–H and O–H groups in total.